The number of nitrogens with zero attached hydrogens (tertiary/aromatic N) is 3. The molecule has 0 aliphatic carbocycles. The normalized spacial score (nSPS) is 20.6. The van der Waals surface area contributed by atoms with Gasteiger partial charge in [0.15, 0.2) is 0 Å². The summed E-state index contributed by atoms with van der Waals surface area (Å²) >= 11 is 5.92. The van der Waals surface area contributed by atoms with E-state index in [1.165, 1.54) is 6.08 Å². The highest BCUT2D eigenvalue weighted by molar-refractivity contribution is 6.30. The van der Waals surface area contributed by atoms with Crippen molar-refractivity contribution >= 4 is 35.2 Å². The predicted octanol–water partition coefficient (Wildman–Crippen LogP) is 0.225. The van der Waals surface area contributed by atoms with Crippen LogP contribution in [0, 0.1) is 0 Å². The van der Waals surface area contributed by atoms with E-state index < -0.39 is 29.7 Å². The molecule has 0 spiro atoms. The van der Waals surface area contributed by atoms with Crippen molar-refractivity contribution in [3.63, 3.8) is 0 Å². The van der Waals surface area contributed by atoms with Crippen molar-refractivity contribution < 1.29 is 19.2 Å². The average Bonchev–Trinajstić information content (AvgIpc) is 2.83. The van der Waals surface area contributed by atoms with Gasteiger partial charge in [-0.25, -0.2) is 0 Å². The standard InChI is InChI=1S/C16H15ClN4O4/c1-20(8-10-6-9(17)4-5-18-10)12-7-14(23)21(16(12)25)11-2-3-13(22)19-15(11)24/h4-7,11H,2-3,8H2,1H3,(H,19,22,24). The molecule has 2 aliphatic heterocycles. The number of hydrogen-bond donors (Lipinski definition) is 1. The zero-order chi connectivity index (χ0) is 18.1. The minimum Gasteiger partial charge on any atom is -0.364 e. The van der Waals surface area contributed by atoms with E-state index in [2.05, 4.69) is 10.3 Å². The third kappa shape index (κ3) is 3.39. The van der Waals surface area contributed by atoms with E-state index >= 15 is 0 Å². The molecule has 0 aromatic carbocycles. The number of aromatic nitrogens is 1. The van der Waals surface area contributed by atoms with Gasteiger partial charge in [0.05, 0.1) is 12.2 Å². The van der Waals surface area contributed by atoms with Gasteiger partial charge in [0.25, 0.3) is 11.8 Å². The van der Waals surface area contributed by atoms with Gasteiger partial charge in [-0.15, -0.1) is 0 Å². The number of hydrogen-bond acceptors (Lipinski definition) is 6. The first-order valence-corrected chi connectivity index (χ1v) is 7.99. The number of nitrogens with one attached hydrogen (secondary N) is 1. The molecular formula is C16H15ClN4O4. The van der Waals surface area contributed by atoms with Gasteiger partial charge in [0.2, 0.25) is 11.8 Å². The predicted molar refractivity (Wildman–Crippen MR) is 86.8 cm³/mol. The van der Waals surface area contributed by atoms with Crippen LogP contribution in [0.4, 0.5) is 0 Å². The molecule has 0 radical (unpaired) electrons. The Labute approximate surface area is 148 Å². The quantitative estimate of drug-likeness (QED) is 0.769. The third-order valence-corrected chi connectivity index (χ3v) is 4.28. The van der Waals surface area contributed by atoms with E-state index in [9.17, 15) is 19.2 Å². The number of imide groups is 2. The van der Waals surface area contributed by atoms with Crippen LogP contribution < -0.4 is 5.32 Å². The van der Waals surface area contributed by atoms with E-state index in [0.29, 0.717) is 10.7 Å². The molecule has 1 N–H and O–H groups in total. The summed E-state index contributed by atoms with van der Waals surface area (Å²) in [5, 5.41) is 2.67. The largest absolute Gasteiger partial charge is 0.364 e. The fourth-order valence-corrected chi connectivity index (χ4v) is 3.01. The van der Waals surface area contributed by atoms with E-state index in [-0.39, 0.29) is 25.1 Å². The highest BCUT2D eigenvalue weighted by Crippen LogP contribution is 2.23. The maximum absolute atomic E-state index is 12.6. The SMILES string of the molecule is CN(Cc1cc(Cl)ccn1)C1=CC(=O)N(C2CCC(=O)NC2=O)C1=O. The Morgan fingerprint density at radius 1 is 1.36 bits per heavy atom. The number of carbonyl (C=O) groups excluding carboxylic acids is 4. The molecule has 4 amide bonds. The highest BCUT2D eigenvalue weighted by atomic mass is 35.5. The smallest absolute Gasteiger partial charge is 0.277 e. The van der Waals surface area contributed by atoms with Crippen LogP contribution in [-0.4, -0.2) is 51.5 Å². The second-order valence-electron chi connectivity index (χ2n) is 5.83. The Morgan fingerprint density at radius 2 is 2.12 bits per heavy atom. The average molecular weight is 363 g/mol. The lowest BCUT2D eigenvalue weighted by Crippen LogP contribution is -2.54. The van der Waals surface area contributed by atoms with Gasteiger partial charge in [0.1, 0.15) is 11.7 Å². The second-order valence-corrected chi connectivity index (χ2v) is 6.27. The molecule has 1 unspecified atom stereocenters. The van der Waals surface area contributed by atoms with Gasteiger partial charge in [-0.3, -0.25) is 34.4 Å². The third-order valence-electron chi connectivity index (χ3n) is 4.05. The summed E-state index contributed by atoms with van der Waals surface area (Å²) in [6.07, 6.45) is 2.96. The minimum absolute atomic E-state index is 0.0884. The van der Waals surface area contributed by atoms with Crippen LogP contribution in [0.5, 0.6) is 0 Å². The monoisotopic (exact) mass is 362 g/mol. The Morgan fingerprint density at radius 3 is 2.80 bits per heavy atom. The van der Waals surface area contributed by atoms with Crippen molar-refractivity contribution in [2.75, 3.05) is 7.05 Å². The molecule has 1 fully saturated rings. The number of likely N-dealkylation sites (N-methyl/N-ethyl adjacent to an activating group) is 1. The highest BCUT2D eigenvalue weighted by Gasteiger charge is 2.43. The van der Waals surface area contributed by atoms with E-state index in [1.54, 1.807) is 30.3 Å². The van der Waals surface area contributed by atoms with E-state index in [0.717, 1.165) is 4.90 Å². The maximum Gasteiger partial charge on any atom is 0.277 e. The van der Waals surface area contributed by atoms with Crippen LogP contribution in [0.1, 0.15) is 18.5 Å². The number of rotatable bonds is 4. The summed E-state index contributed by atoms with van der Waals surface area (Å²) in [6, 6.07) is 2.33. The molecular weight excluding hydrogens is 348 g/mol. The Kier molecular flexibility index (Phi) is 4.54. The molecule has 2 aliphatic rings. The minimum atomic E-state index is -0.968. The van der Waals surface area contributed by atoms with Crippen LogP contribution in [0.25, 0.3) is 0 Å². The number of piperidine rings is 1. The molecule has 0 bridgehead atoms. The molecule has 8 nitrogen and oxygen atoms in total. The molecule has 3 rings (SSSR count). The molecule has 3 heterocycles. The summed E-state index contributed by atoms with van der Waals surface area (Å²) in [5.74, 6) is -2.17. The summed E-state index contributed by atoms with van der Waals surface area (Å²) in [7, 11) is 1.65. The lowest BCUT2D eigenvalue weighted by molar-refractivity contribution is -0.150. The number of halogens is 1. The molecule has 1 atom stereocenters. The molecule has 1 aromatic heterocycles. The van der Waals surface area contributed by atoms with Crippen LogP contribution in [0.3, 0.4) is 0 Å². The number of amides is 4. The topological polar surface area (TPSA) is 99.7 Å². The Bertz CT molecular complexity index is 807. The van der Waals surface area contributed by atoms with Crippen LogP contribution in [-0.2, 0) is 25.7 Å². The van der Waals surface area contributed by atoms with Gasteiger partial charge >= 0.3 is 0 Å². The van der Waals surface area contributed by atoms with Gasteiger partial charge in [-0.2, -0.15) is 0 Å². The van der Waals surface area contributed by atoms with Crippen molar-refractivity contribution in [3.05, 3.63) is 40.8 Å². The molecule has 130 valence electrons. The lowest BCUT2D eigenvalue weighted by Gasteiger charge is -2.29. The van der Waals surface area contributed by atoms with E-state index in [1.807, 2.05) is 0 Å². The van der Waals surface area contributed by atoms with Gasteiger partial charge in [-0.05, 0) is 18.6 Å². The van der Waals surface area contributed by atoms with Gasteiger partial charge < -0.3 is 4.90 Å². The Balaban J connectivity index is 1.75. The van der Waals surface area contributed by atoms with Crippen LogP contribution in [0.2, 0.25) is 5.02 Å². The summed E-state index contributed by atoms with van der Waals surface area (Å²) in [6.45, 7) is 0.272. The lowest BCUT2D eigenvalue weighted by atomic mass is 10.0. The first-order chi connectivity index (χ1) is 11.9. The van der Waals surface area contributed by atoms with Crippen molar-refractivity contribution in [3.8, 4) is 0 Å². The first-order valence-electron chi connectivity index (χ1n) is 7.61. The zero-order valence-electron chi connectivity index (χ0n) is 13.4. The summed E-state index contributed by atoms with van der Waals surface area (Å²) in [4.78, 5) is 54.7. The molecule has 25 heavy (non-hydrogen) atoms. The number of pyridine rings is 1. The van der Waals surface area contributed by atoms with Gasteiger partial charge in [-0.1, -0.05) is 11.6 Å². The first kappa shape index (κ1) is 17.1. The van der Waals surface area contributed by atoms with Crippen LogP contribution >= 0.6 is 11.6 Å². The van der Waals surface area contributed by atoms with Gasteiger partial charge in [0, 0.05) is 30.8 Å². The molecule has 1 aromatic rings. The summed E-state index contributed by atoms with van der Waals surface area (Å²) in [5.41, 5.74) is 0.798. The fourth-order valence-electron chi connectivity index (χ4n) is 2.83. The maximum atomic E-state index is 12.6. The summed E-state index contributed by atoms with van der Waals surface area (Å²) < 4.78 is 0. The van der Waals surface area contributed by atoms with Crippen molar-refractivity contribution in [2.45, 2.75) is 25.4 Å². The van der Waals surface area contributed by atoms with Crippen LogP contribution in [0.15, 0.2) is 30.1 Å². The Hall–Kier alpha value is -2.74. The molecule has 1 saturated heterocycles. The molecule has 0 saturated carbocycles. The number of carbonyl (C=O) groups is 4. The second kappa shape index (κ2) is 6.64. The fraction of sp³-hybridized carbons (Fsp3) is 0.312. The van der Waals surface area contributed by atoms with Crippen molar-refractivity contribution in [2.24, 2.45) is 0 Å². The zero-order valence-corrected chi connectivity index (χ0v) is 14.1. The van der Waals surface area contributed by atoms with E-state index in [4.69, 9.17) is 11.6 Å². The molecule has 9 heteroatoms. The van der Waals surface area contributed by atoms with Crippen molar-refractivity contribution in [1.82, 2.24) is 20.1 Å². The van der Waals surface area contributed by atoms with Crippen molar-refractivity contribution in [1.29, 1.82) is 0 Å².